The first-order valence-corrected chi connectivity index (χ1v) is 9.84. The summed E-state index contributed by atoms with van der Waals surface area (Å²) in [5.41, 5.74) is 0.937. The normalized spacial score (nSPS) is 16.6. The number of aromatic nitrogens is 5. The second-order valence-corrected chi connectivity index (χ2v) is 7.25. The Morgan fingerprint density at radius 2 is 2.16 bits per heavy atom. The Morgan fingerprint density at radius 1 is 1.31 bits per heavy atom. The molecular formula is C19H20F3N7O3. The number of ether oxygens (including phenoxy) is 1. The minimum atomic E-state index is -4.40. The average Bonchev–Trinajstić information content (AvgIpc) is 3.39. The third kappa shape index (κ3) is 5.04. The lowest BCUT2D eigenvalue weighted by Gasteiger charge is -2.17. The van der Waals surface area contributed by atoms with E-state index in [1.165, 1.54) is 10.9 Å². The number of anilines is 3. The summed E-state index contributed by atoms with van der Waals surface area (Å²) in [5.74, 6) is -0.171. The van der Waals surface area contributed by atoms with Gasteiger partial charge in [0, 0.05) is 19.3 Å². The number of carbonyl (C=O) groups is 1. The van der Waals surface area contributed by atoms with E-state index in [1.807, 2.05) is 0 Å². The lowest BCUT2D eigenvalue weighted by Crippen LogP contribution is -2.24. The van der Waals surface area contributed by atoms with Crippen molar-refractivity contribution in [1.29, 1.82) is 0 Å². The zero-order valence-electron chi connectivity index (χ0n) is 16.8. The molecule has 0 spiro atoms. The second-order valence-electron chi connectivity index (χ2n) is 7.25. The van der Waals surface area contributed by atoms with E-state index in [2.05, 4.69) is 25.4 Å². The molecule has 10 nitrogen and oxygen atoms in total. The summed E-state index contributed by atoms with van der Waals surface area (Å²) in [4.78, 5) is 26.4. The second kappa shape index (κ2) is 8.94. The summed E-state index contributed by atoms with van der Waals surface area (Å²) in [6.07, 6.45) is -0.838. The molecule has 1 fully saturated rings. The lowest BCUT2D eigenvalue weighted by atomic mass is 10.1. The van der Waals surface area contributed by atoms with Crippen LogP contribution in [0.25, 0.3) is 11.0 Å². The highest BCUT2D eigenvalue weighted by Crippen LogP contribution is 2.28. The number of hydrogen-bond acceptors (Lipinski definition) is 8. The minimum Gasteiger partial charge on any atom is -0.481 e. The molecule has 1 atom stereocenters. The quantitative estimate of drug-likeness (QED) is 0.498. The first kappa shape index (κ1) is 21.7. The minimum absolute atomic E-state index is 0.0595. The van der Waals surface area contributed by atoms with Gasteiger partial charge in [-0.2, -0.15) is 23.3 Å². The van der Waals surface area contributed by atoms with E-state index in [0.29, 0.717) is 41.6 Å². The maximum Gasteiger partial charge on any atom is 0.411 e. The van der Waals surface area contributed by atoms with Crippen LogP contribution in [0, 0.1) is 5.92 Å². The molecule has 0 amide bonds. The van der Waals surface area contributed by atoms with Crippen molar-refractivity contribution in [3.05, 3.63) is 30.6 Å². The Hall–Kier alpha value is -3.48. The van der Waals surface area contributed by atoms with Crippen molar-refractivity contribution in [2.45, 2.75) is 19.1 Å². The fraction of sp³-hybridized carbons (Fsp3) is 0.421. The molecule has 1 saturated heterocycles. The summed E-state index contributed by atoms with van der Waals surface area (Å²) in [6, 6.07) is 5.27. The fourth-order valence-electron chi connectivity index (χ4n) is 3.43. The molecule has 4 heterocycles. The number of alkyl halides is 3. The number of aliphatic carboxylic acids is 1. The van der Waals surface area contributed by atoms with E-state index in [4.69, 9.17) is 4.74 Å². The highest BCUT2D eigenvalue weighted by atomic mass is 19.4. The van der Waals surface area contributed by atoms with Gasteiger partial charge in [-0.1, -0.05) is 6.07 Å². The Morgan fingerprint density at radius 3 is 2.84 bits per heavy atom. The van der Waals surface area contributed by atoms with E-state index in [9.17, 15) is 23.1 Å². The first-order valence-electron chi connectivity index (χ1n) is 9.84. The number of rotatable bonds is 8. The summed E-state index contributed by atoms with van der Waals surface area (Å²) >= 11 is 0. The van der Waals surface area contributed by atoms with Gasteiger partial charge in [0.15, 0.2) is 5.82 Å². The van der Waals surface area contributed by atoms with Crippen LogP contribution in [0.5, 0.6) is 0 Å². The van der Waals surface area contributed by atoms with Crippen LogP contribution in [0.1, 0.15) is 6.42 Å². The van der Waals surface area contributed by atoms with Crippen molar-refractivity contribution in [3.8, 4) is 0 Å². The van der Waals surface area contributed by atoms with Gasteiger partial charge in [-0.15, -0.1) is 0 Å². The Bertz CT molecular complexity index is 1090. The molecule has 1 aliphatic rings. The third-order valence-electron chi connectivity index (χ3n) is 4.92. The smallest absolute Gasteiger partial charge is 0.411 e. The number of hydrogen-bond donors (Lipinski definition) is 2. The molecule has 0 radical (unpaired) electrons. The Balaban J connectivity index is 1.63. The van der Waals surface area contributed by atoms with Gasteiger partial charge in [0.25, 0.3) is 0 Å². The van der Waals surface area contributed by atoms with Gasteiger partial charge in [0.2, 0.25) is 5.95 Å². The monoisotopic (exact) mass is 451 g/mol. The SMILES string of the molecule is O=C(O)[C@H]1CCN(c2nc(Nc3ccccn3)c3c(cnn3CCOCC(F)(F)F)n2)C1. The molecule has 0 saturated carbocycles. The van der Waals surface area contributed by atoms with Crippen LogP contribution in [0.15, 0.2) is 30.6 Å². The van der Waals surface area contributed by atoms with Gasteiger partial charge in [-0.05, 0) is 18.6 Å². The fourth-order valence-corrected chi connectivity index (χ4v) is 3.43. The summed E-state index contributed by atoms with van der Waals surface area (Å²) in [6.45, 7) is -0.711. The summed E-state index contributed by atoms with van der Waals surface area (Å²) in [5, 5.41) is 16.6. The molecule has 3 aromatic heterocycles. The van der Waals surface area contributed by atoms with Gasteiger partial charge in [0.05, 0.1) is 25.3 Å². The van der Waals surface area contributed by atoms with E-state index >= 15 is 0 Å². The zero-order valence-corrected chi connectivity index (χ0v) is 16.8. The molecule has 0 aromatic carbocycles. The molecule has 1 aliphatic heterocycles. The van der Waals surface area contributed by atoms with Crippen LogP contribution in [0.3, 0.4) is 0 Å². The molecule has 32 heavy (non-hydrogen) atoms. The van der Waals surface area contributed by atoms with Crippen LogP contribution in [-0.4, -0.2) is 68.3 Å². The van der Waals surface area contributed by atoms with Crippen molar-refractivity contribution >= 4 is 34.6 Å². The van der Waals surface area contributed by atoms with Crippen molar-refractivity contribution < 1.29 is 27.8 Å². The van der Waals surface area contributed by atoms with Gasteiger partial charge >= 0.3 is 12.1 Å². The molecule has 4 rings (SSSR count). The maximum atomic E-state index is 12.3. The number of nitrogens with one attached hydrogen (secondary N) is 1. The standard InChI is InChI=1S/C19H20F3N7O3/c20-19(21,22)11-32-8-7-29-15-13(9-24-29)25-18(28-6-4-12(10-28)17(30)31)27-16(15)26-14-3-1-2-5-23-14/h1-3,5,9,12H,4,6-8,10-11H2,(H,30,31)(H,23,25,26,27)/t12-/m0/s1. The predicted molar refractivity (Wildman–Crippen MR) is 108 cm³/mol. The number of pyridine rings is 1. The van der Waals surface area contributed by atoms with E-state index in [1.54, 1.807) is 29.3 Å². The maximum absolute atomic E-state index is 12.3. The number of nitrogens with zero attached hydrogens (tertiary/aromatic N) is 6. The molecular weight excluding hydrogens is 431 g/mol. The van der Waals surface area contributed by atoms with E-state index in [-0.39, 0.29) is 19.7 Å². The van der Waals surface area contributed by atoms with Crippen LogP contribution in [0.4, 0.5) is 30.8 Å². The van der Waals surface area contributed by atoms with Gasteiger partial charge < -0.3 is 20.1 Å². The molecule has 0 bridgehead atoms. The summed E-state index contributed by atoms with van der Waals surface area (Å²) < 4.78 is 43.1. The molecule has 0 aliphatic carbocycles. The largest absolute Gasteiger partial charge is 0.481 e. The van der Waals surface area contributed by atoms with Gasteiger partial charge in [-0.3, -0.25) is 9.48 Å². The average molecular weight is 451 g/mol. The van der Waals surface area contributed by atoms with Crippen LogP contribution in [-0.2, 0) is 16.1 Å². The van der Waals surface area contributed by atoms with Crippen LogP contribution in [0.2, 0.25) is 0 Å². The van der Waals surface area contributed by atoms with Crippen molar-refractivity contribution in [2.24, 2.45) is 5.92 Å². The van der Waals surface area contributed by atoms with Gasteiger partial charge in [0.1, 0.15) is 23.5 Å². The predicted octanol–water partition coefficient (Wildman–Crippen LogP) is 2.45. The van der Waals surface area contributed by atoms with E-state index in [0.717, 1.165) is 0 Å². The Labute approximate surface area is 180 Å². The van der Waals surface area contributed by atoms with Crippen molar-refractivity contribution in [2.75, 3.05) is 36.5 Å². The molecule has 0 unspecified atom stereocenters. The molecule has 170 valence electrons. The van der Waals surface area contributed by atoms with E-state index < -0.39 is 24.7 Å². The van der Waals surface area contributed by atoms with Crippen molar-refractivity contribution in [1.82, 2.24) is 24.7 Å². The van der Waals surface area contributed by atoms with Crippen molar-refractivity contribution in [3.63, 3.8) is 0 Å². The zero-order chi connectivity index (χ0) is 22.7. The lowest BCUT2D eigenvalue weighted by molar-refractivity contribution is -0.174. The number of carboxylic acids is 1. The number of halogens is 3. The highest BCUT2D eigenvalue weighted by molar-refractivity contribution is 5.88. The number of carboxylic acid groups (broad SMARTS) is 1. The van der Waals surface area contributed by atoms with Crippen LogP contribution >= 0.6 is 0 Å². The van der Waals surface area contributed by atoms with Gasteiger partial charge in [-0.25, -0.2) is 9.97 Å². The highest BCUT2D eigenvalue weighted by Gasteiger charge is 2.30. The number of fused-ring (bicyclic) bond motifs is 1. The first-order chi connectivity index (χ1) is 15.3. The molecule has 13 heteroatoms. The third-order valence-corrected chi connectivity index (χ3v) is 4.92. The summed E-state index contributed by atoms with van der Waals surface area (Å²) in [7, 11) is 0. The molecule has 3 aromatic rings. The van der Waals surface area contributed by atoms with Crippen LogP contribution < -0.4 is 10.2 Å². The topological polar surface area (TPSA) is 118 Å². The Kier molecular flexibility index (Phi) is 6.08. The molecule has 2 N–H and O–H groups in total.